The molecule has 2 aromatic rings. The van der Waals surface area contributed by atoms with Crippen LogP contribution in [0.15, 0.2) is 47.4 Å². The first kappa shape index (κ1) is 22.0. The SMILES string of the molecule is C[C@@H]1C[C@H](C)CN(S(=O)(=O)c2ccc(C(=O)/C=C3/NCCc4cc5c(cc43)OCO5)cc2)C1. The maximum absolute atomic E-state index is 13.1. The maximum Gasteiger partial charge on any atom is 0.243 e. The largest absolute Gasteiger partial charge is 0.454 e. The maximum atomic E-state index is 13.1. The van der Waals surface area contributed by atoms with Crippen LogP contribution in [0, 0.1) is 11.8 Å². The quantitative estimate of drug-likeness (QED) is 0.547. The first-order valence-electron chi connectivity index (χ1n) is 11.3. The van der Waals surface area contributed by atoms with Crippen molar-refractivity contribution in [1.82, 2.24) is 9.62 Å². The van der Waals surface area contributed by atoms with Crippen LogP contribution in [0.1, 0.15) is 41.8 Å². The van der Waals surface area contributed by atoms with Crippen LogP contribution in [-0.2, 0) is 16.4 Å². The van der Waals surface area contributed by atoms with Crippen LogP contribution in [0.5, 0.6) is 11.5 Å². The molecular weight excluding hydrogens is 440 g/mol. The van der Waals surface area contributed by atoms with Crippen molar-refractivity contribution in [3.63, 3.8) is 0 Å². The minimum absolute atomic E-state index is 0.188. The zero-order valence-corrected chi connectivity index (χ0v) is 19.7. The molecule has 3 heterocycles. The Labute approximate surface area is 194 Å². The molecule has 174 valence electrons. The molecule has 1 saturated heterocycles. The van der Waals surface area contributed by atoms with Crippen molar-refractivity contribution in [2.75, 3.05) is 26.4 Å². The lowest BCUT2D eigenvalue weighted by molar-refractivity contribution is 0.104. The molecule has 8 heteroatoms. The molecule has 2 atom stereocenters. The topological polar surface area (TPSA) is 84.9 Å². The van der Waals surface area contributed by atoms with E-state index in [4.69, 9.17) is 9.47 Å². The van der Waals surface area contributed by atoms with Gasteiger partial charge in [-0.25, -0.2) is 8.42 Å². The molecular formula is C25H28N2O5S. The highest BCUT2D eigenvalue weighted by atomic mass is 32.2. The third-order valence-corrected chi connectivity index (χ3v) is 8.33. The summed E-state index contributed by atoms with van der Waals surface area (Å²) in [5, 5.41) is 3.30. The molecule has 1 fully saturated rings. The lowest BCUT2D eigenvalue weighted by Crippen LogP contribution is -2.42. The second kappa shape index (κ2) is 8.50. The minimum atomic E-state index is -3.57. The van der Waals surface area contributed by atoms with E-state index in [0.29, 0.717) is 36.2 Å². The van der Waals surface area contributed by atoms with E-state index in [-0.39, 0.29) is 17.5 Å². The van der Waals surface area contributed by atoms with Gasteiger partial charge in [-0.1, -0.05) is 13.8 Å². The number of piperidine rings is 1. The second-order valence-electron chi connectivity index (χ2n) is 9.25. The summed E-state index contributed by atoms with van der Waals surface area (Å²) in [4.78, 5) is 13.2. The fourth-order valence-electron chi connectivity index (χ4n) is 4.95. The Morgan fingerprint density at radius 3 is 2.42 bits per heavy atom. The Hall–Kier alpha value is -2.84. The zero-order valence-electron chi connectivity index (χ0n) is 18.8. The minimum Gasteiger partial charge on any atom is -0.454 e. The molecule has 5 rings (SSSR count). The van der Waals surface area contributed by atoms with Crippen LogP contribution in [0.25, 0.3) is 5.70 Å². The number of allylic oxidation sites excluding steroid dienone is 1. The predicted molar refractivity (Wildman–Crippen MR) is 125 cm³/mol. The van der Waals surface area contributed by atoms with E-state index >= 15 is 0 Å². The lowest BCUT2D eigenvalue weighted by Gasteiger charge is -2.34. The number of rotatable bonds is 4. The van der Waals surface area contributed by atoms with Gasteiger partial charge in [-0.05, 0) is 66.6 Å². The Bertz CT molecular complexity index is 1210. The molecule has 0 aliphatic carbocycles. The second-order valence-corrected chi connectivity index (χ2v) is 11.2. The van der Waals surface area contributed by atoms with Crippen molar-refractivity contribution in [2.24, 2.45) is 11.8 Å². The van der Waals surface area contributed by atoms with Gasteiger partial charge in [0.15, 0.2) is 17.3 Å². The van der Waals surface area contributed by atoms with Crippen LogP contribution < -0.4 is 14.8 Å². The summed E-state index contributed by atoms with van der Waals surface area (Å²) < 4.78 is 38.7. The first-order chi connectivity index (χ1) is 15.8. The first-order valence-corrected chi connectivity index (χ1v) is 12.8. The Kier molecular flexibility index (Phi) is 5.66. The van der Waals surface area contributed by atoms with E-state index < -0.39 is 10.0 Å². The van der Waals surface area contributed by atoms with Crippen LogP contribution >= 0.6 is 0 Å². The smallest absolute Gasteiger partial charge is 0.243 e. The van der Waals surface area contributed by atoms with Crippen molar-refractivity contribution in [3.8, 4) is 11.5 Å². The van der Waals surface area contributed by atoms with Gasteiger partial charge in [0.25, 0.3) is 0 Å². The van der Waals surface area contributed by atoms with E-state index in [2.05, 4.69) is 19.2 Å². The van der Waals surface area contributed by atoms with Gasteiger partial charge in [-0.3, -0.25) is 4.79 Å². The van der Waals surface area contributed by atoms with E-state index in [1.807, 2.05) is 12.1 Å². The molecule has 0 saturated carbocycles. The summed E-state index contributed by atoms with van der Waals surface area (Å²) in [5.74, 6) is 1.88. The average Bonchev–Trinajstić information content (AvgIpc) is 3.25. The molecule has 33 heavy (non-hydrogen) atoms. The van der Waals surface area contributed by atoms with Crippen LogP contribution in [-0.4, -0.2) is 44.9 Å². The fraction of sp³-hybridized carbons (Fsp3) is 0.400. The van der Waals surface area contributed by atoms with Crippen LogP contribution in [0.4, 0.5) is 0 Å². The third kappa shape index (κ3) is 4.25. The standard InChI is InChI=1S/C25H28N2O5S/c1-16-9-17(2)14-27(13-16)33(29,30)20-5-3-18(4-6-20)23(28)12-22-21-11-25-24(31-15-32-25)10-19(21)7-8-26-22/h3-6,10-12,16-17,26H,7-9,13-15H2,1-2H3/b22-12+/t16-,17+. The number of carbonyl (C=O) groups is 1. The number of ether oxygens (including phenoxy) is 2. The van der Waals surface area contributed by atoms with Crippen molar-refractivity contribution >= 4 is 21.5 Å². The molecule has 1 N–H and O–H groups in total. The number of ketones is 1. The molecule has 0 radical (unpaired) electrons. The number of sulfonamides is 1. The van der Waals surface area contributed by atoms with Gasteiger partial charge in [0.2, 0.25) is 16.8 Å². The van der Waals surface area contributed by atoms with Gasteiger partial charge in [0.05, 0.1) is 4.90 Å². The fourth-order valence-corrected chi connectivity index (χ4v) is 6.63. The van der Waals surface area contributed by atoms with Gasteiger partial charge in [-0.2, -0.15) is 4.31 Å². The lowest BCUT2D eigenvalue weighted by atomic mass is 9.94. The van der Waals surface area contributed by atoms with Crippen LogP contribution in [0.3, 0.4) is 0 Å². The number of hydrogen-bond acceptors (Lipinski definition) is 6. The van der Waals surface area contributed by atoms with Gasteiger partial charge in [0, 0.05) is 42.5 Å². The van der Waals surface area contributed by atoms with Gasteiger partial charge in [-0.15, -0.1) is 0 Å². The van der Waals surface area contributed by atoms with E-state index in [9.17, 15) is 13.2 Å². The number of nitrogens with one attached hydrogen (secondary N) is 1. The number of benzene rings is 2. The predicted octanol–water partition coefficient (Wildman–Crippen LogP) is 3.45. The summed E-state index contributed by atoms with van der Waals surface area (Å²) in [6.07, 6.45) is 3.43. The Morgan fingerprint density at radius 2 is 1.73 bits per heavy atom. The summed E-state index contributed by atoms with van der Waals surface area (Å²) in [7, 11) is -3.57. The summed E-state index contributed by atoms with van der Waals surface area (Å²) in [6, 6.07) is 10.1. The normalized spacial score (nSPS) is 23.8. The number of carbonyl (C=O) groups excluding carboxylic acids is 1. The molecule has 7 nitrogen and oxygen atoms in total. The van der Waals surface area contributed by atoms with Gasteiger partial charge >= 0.3 is 0 Å². The van der Waals surface area contributed by atoms with Crippen LogP contribution in [0.2, 0.25) is 0 Å². The van der Waals surface area contributed by atoms with Gasteiger partial charge < -0.3 is 14.8 Å². The molecule has 0 spiro atoms. The molecule has 0 amide bonds. The molecule has 0 unspecified atom stereocenters. The Morgan fingerprint density at radius 1 is 1.06 bits per heavy atom. The van der Waals surface area contributed by atoms with E-state index in [0.717, 1.165) is 42.0 Å². The highest BCUT2D eigenvalue weighted by molar-refractivity contribution is 7.89. The highest BCUT2D eigenvalue weighted by Crippen LogP contribution is 2.38. The van der Waals surface area contributed by atoms with E-state index in [1.165, 1.54) is 12.1 Å². The third-order valence-electron chi connectivity index (χ3n) is 6.49. The number of hydrogen-bond donors (Lipinski definition) is 1. The zero-order chi connectivity index (χ0) is 23.2. The van der Waals surface area contributed by atoms with Crippen molar-refractivity contribution < 1.29 is 22.7 Å². The summed E-state index contributed by atoms with van der Waals surface area (Å²) >= 11 is 0. The monoisotopic (exact) mass is 468 g/mol. The number of fused-ring (bicyclic) bond motifs is 2. The van der Waals surface area contributed by atoms with Gasteiger partial charge in [0.1, 0.15) is 0 Å². The summed E-state index contributed by atoms with van der Waals surface area (Å²) in [5.41, 5.74) is 3.19. The molecule has 3 aliphatic heterocycles. The number of nitrogens with zero attached hydrogens (tertiary/aromatic N) is 1. The average molecular weight is 469 g/mol. The molecule has 2 aromatic carbocycles. The highest BCUT2D eigenvalue weighted by Gasteiger charge is 2.31. The van der Waals surface area contributed by atoms with Crippen molar-refractivity contribution in [2.45, 2.75) is 31.6 Å². The van der Waals surface area contributed by atoms with Crippen molar-refractivity contribution in [1.29, 1.82) is 0 Å². The molecule has 0 aromatic heterocycles. The van der Waals surface area contributed by atoms with Crippen molar-refractivity contribution in [3.05, 3.63) is 59.2 Å². The Balaban J connectivity index is 1.37. The molecule has 0 bridgehead atoms. The van der Waals surface area contributed by atoms with E-state index in [1.54, 1.807) is 22.5 Å². The summed E-state index contributed by atoms with van der Waals surface area (Å²) in [6.45, 7) is 6.15. The molecule has 3 aliphatic rings.